The van der Waals surface area contributed by atoms with Crippen LogP contribution in [0.4, 0.5) is 0 Å². The third-order valence-corrected chi connectivity index (χ3v) is 1.58. The van der Waals surface area contributed by atoms with Crippen LogP contribution in [-0.4, -0.2) is 34.1 Å². The van der Waals surface area contributed by atoms with Crippen molar-refractivity contribution in [3.8, 4) is 0 Å². The highest BCUT2D eigenvalue weighted by atomic mass is 16.4. The van der Waals surface area contributed by atoms with Crippen molar-refractivity contribution in [3.05, 3.63) is 12.2 Å². The first kappa shape index (κ1) is 13.2. The molecule has 0 bridgehead atoms. The van der Waals surface area contributed by atoms with E-state index in [1.165, 1.54) is 12.2 Å². The summed E-state index contributed by atoms with van der Waals surface area (Å²) >= 11 is 0. The Kier molecular flexibility index (Phi) is 5.77. The summed E-state index contributed by atoms with van der Waals surface area (Å²) in [4.78, 5) is 31.8. The lowest BCUT2D eigenvalue weighted by molar-refractivity contribution is -0.142. The standard InChI is InChI=1S/C9H13NO5/c1-2-3-7(11)10-6(9(14)15)4-5-8(12)13/h2-3,6H,4-5H2,1H3,(H,10,11)(H,12,13)(H,14,15)/t6-/m0/s1. The fourth-order valence-corrected chi connectivity index (χ4v) is 0.896. The number of hydrogen-bond acceptors (Lipinski definition) is 3. The number of hydrogen-bond donors (Lipinski definition) is 3. The van der Waals surface area contributed by atoms with Crippen LogP contribution in [0.25, 0.3) is 0 Å². The van der Waals surface area contributed by atoms with Gasteiger partial charge in [-0.15, -0.1) is 0 Å². The normalized spacial score (nSPS) is 12.3. The lowest BCUT2D eigenvalue weighted by Crippen LogP contribution is -2.40. The van der Waals surface area contributed by atoms with Crippen LogP contribution in [-0.2, 0) is 14.4 Å². The molecule has 0 saturated carbocycles. The highest BCUT2D eigenvalue weighted by Gasteiger charge is 2.19. The topological polar surface area (TPSA) is 104 Å². The fraction of sp³-hybridized carbons (Fsp3) is 0.444. The van der Waals surface area contributed by atoms with Crippen molar-refractivity contribution in [3.63, 3.8) is 0 Å². The Morgan fingerprint density at radius 1 is 1.33 bits per heavy atom. The minimum atomic E-state index is -1.24. The van der Waals surface area contributed by atoms with E-state index >= 15 is 0 Å². The SMILES string of the molecule is CC=CC(=O)N[C@@H](CCC(=O)O)C(=O)O. The molecule has 3 N–H and O–H groups in total. The molecule has 0 spiro atoms. The quantitative estimate of drug-likeness (QED) is 0.541. The maximum atomic E-state index is 11.0. The van der Waals surface area contributed by atoms with E-state index in [-0.39, 0.29) is 12.8 Å². The van der Waals surface area contributed by atoms with Crippen molar-refractivity contribution in [2.24, 2.45) is 0 Å². The van der Waals surface area contributed by atoms with E-state index in [1.807, 2.05) is 0 Å². The van der Waals surface area contributed by atoms with Gasteiger partial charge in [-0.05, 0) is 19.4 Å². The molecule has 0 aromatic carbocycles. The zero-order valence-electron chi connectivity index (χ0n) is 8.27. The molecule has 0 radical (unpaired) electrons. The molecule has 6 heteroatoms. The highest BCUT2D eigenvalue weighted by molar-refractivity contribution is 5.91. The number of allylic oxidation sites excluding steroid dienone is 1. The molecule has 0 fully saturated rings. The van der Waals surface area contributed by atoms with Crippen molar-refractivity contribution in [1.29, 1.82) is 0 Å². The smallest absolute Gasteiger partial charge is 0.326 e. The van der Waals surface area contributed by atoms with E-state index in [0.29, 0.717) is 0 Å². The molecule has 15 heavy (non-hydrogen) atoms. The van der Waals surface area contributed by atoms with Crippen molar-refractivity contribution in [2.75, 3.05) is 0 Å². The first-order chi connectivity index (χ1) is 6.97. The van der Waals surface area contributed by atoms with Gasteiger partial charge in [0.25, 0.3) is 0 Å². The maximum Gasteiger partial charge on any atom is 0.326 e. The van der Waals surface area contributed by atoms with Crippen LogP contribution in [0, 0.1) is 0 Å². The highest BCUT2D eigenvalue weighted by Crippen LogP contribution is 1.98. The predicted octanol–water partition coefficient (Wildman–Crippen LogP) is -0.00330. The van der Waals surface area contributed by atoms with Crippen LogP contribution in [0.1, 0.15) is 19.8 Å². The van der Waals surface area contributed by atoms with Gasteiger partial charge in [-0.1, -0.05) is 6.08 Å². The lowest BCUT2D eigenvalue weighted by atomic mass is 10.1. The molecule has 0 aromatic rings. The van der Waals surface area contributed by atoms with Crippen molar-refractivity contribution in [2.45, 2.75) is 25.8 Å². The van der Waals surface area contributed by atoms with Gasteiger partial charge in [0.05, 0.1) is 0 Å². The van der Waals surface area contributed by atoms with Gasteiger partial charge in [0.15, 0.2) is 0 Å². The van der Waals surface area contributed by atoms with Gasteiger partial charge in [0, 0.05) is 6.42 Å². The van der Waals surface area contributed by atoms with Crippen LogP contribution < -0.4 is 5.32 Å². The summed E-state index contributed by atoms with van der Waals surface area (Å²) in [5.74, 6) is -2.88. The number of rotatable bonds is 6. The fourth-order valence-electron chi connectivity index (χ4n) is 0.896. The zero-order chi connectivity index (χ0) is 11.8. The average Bonchev–Trinajstić information content (AvgIpc) is 2.11. The van der Waals surface area contributed by atoms with Gasteiger partial charge in [-0.3, -0.25) is 9.59 Å². The molecule has 1 atom stereocenters. The van der Waals surface area contributed by atoms with E-state index in [1.54, 1.807) is 6.92 Å². The number of carboxylic acid groups (broad SMARTS) is 2. The number of nitrogens with one attached hydrogen (secondary N) is 1. The molecule has 84 valence electrons. The van der Waals surface area contributed by atoms with E-state index < -0.39 is 23.9 Å². The molecule has 0 aliphatic rings. The summed E-state index contributed by atoms with van der Waals surface area (Å²) in [6.07, 6.45) is 2.21. The molecule has 1 amide bonds. The summed E-state index contributed by atoms with van der Waals surface area (Å²) < 4.78 is 0. The number of carbonyl (C=O) groups is 3. The maximum absolute atomic E-state index is 11.0. The zero-order valence-corrected chi connectivity index (χ0v) is 8.27. The second-order valence-corrected chi connectivity index (χ2v) is 2.83. The Hall–Kier alpha value is -1.85. The number of aliphatic carboxylic acids is 2. The molecule has 0 aliphatic carbocycles. The summed E-state index contributed by atoms with van der Waals surface area (Å²) in [7, 11) is 0. The van der Waals surface area contributed by atoms with Crippen LogP contribution in [0.5, 0.6) is 0 Å². The Bertz CT molecular complexity index is 284. The third kappa shape index (κ3) is 6.25. The molecule has 0 aliphatic heterocycles. The molecule has 0 saturated heterocycles. The van der Waals surface area contributed by atoms with Gasteiger partial charge in [-0.2, -0.15) is 0 Å². The van der Waals surface area contributed by atoms with Gasteiger partial charge in [-0.25, -0.2) is 4.79 Å². The molecule has 0 unspecified atom stereocenters. The van der Waals surface area contributed by atoms with Crippen LogP contribution >= 0.6 is 0 Å². The summed E-state index contributed by atoms with van der Waals surface area (Å²) in [5, 5.41) is 19.2. The van der Waals surface area contributed by atoms with Crippen LogP contribution in [0.15, 0.2) is 12.2 Å². The van der Waals surface area contributed by atoms with E-state index in [4.69, 9.17) is 10.2 Å². The van der Waals surface area contributed by atoms with Gasteiger partial charge in [0.2, 0.25) is 5.91 Å². The summed E-state index contributed by atoms with van der Waals surface area (Å²) in [5.41, 5.74) is 0. The summed E-state index contributed by atoms with van der Waals surface area (Å²) in [6.45, 7) is 1.62. The molecular formula is C9H13NO5. The van der Waals surface area contributed by atoms with Crippen LogP contribution in [0.3, 0.4) is 0 Å². The predicted molar refractivity (Wildman–Crippen MR) is 51.3 cm³/mol. The Morgan fingerprint density at radius 3 is 2.33 bits per heavy atom. The van der Waals surface area contributed by atoms with E-state index in [2.05, 4.69) is 5.32 Å². The third-order valence-electron chi connectivity index (χ3n) is 1.58. The van der Waals surface area contributed by atoms with Crippen LogP contribution in [0.2, 0.25) is 0 Å². The number of amides is 1. The van der Waals surface area contributed by atoms with E-state index in [9.17, 15) is 14.4 Å². The molecule has 0 aromatic heterocycles. The first-order valence-electron chi connectivity index (χ1n) is 4.35. The second kappa shape index (κ2) is 6.58. The monoisotopic (exact) mass is 215 g/mol. The number of carboxylic acids is 2. The van der Waals surface area contributed by atoms with Gasteiger partial charge >= 0.3 is 11.9 Å². The Balaban J connectivity index is 4.22. The lowest BCUT2D eigenvalue weighted by Gasteiger charge is -2.11. The average molecular weight is 215 g/mol. The van der Waals surface area contributed by atoms with Gasteiger partial charge in [0.1, 0.15) is 6.04 Å². The minimum absolute atomic E-state index is 0.131. The van der Waals surface area contributed by atoms with Crippen molar-refractivity contribution >= 4 is 17.8 Å². The van der Waals surface area contributed by atoms with Crippen molar-refractivity contribution in [1.82, 2.24) is 5.32 Å². The Morgan fingerprint density at radius 2 is 1.93 bits per heavy atom. The molecule has 0 heterocycles. The van der Waals surface area contributed by atoms with Gasteiger partial charge < -0.3 is 15.5 Å². The minimum Gasteiger partial charge on any atom is -0.481 e. The molecular weight excluding hydrogens is 202 g/mol. The Labute approximate surface area is 86.6 Å². The summed E-state index contributed by atoms with van der Waals surface area (Å²) in [6, 6.07) is -1.16. The molecule has 0 rings (SSSR count). The van der Waals surface area contributed by atoms with E-state index in [0.717, 1.165) is 0 Å². The van der Waals surface area contributed by atoms with Crippen molar-refractivity contribution < 1.29 is 24.6 Å². The number of carbonyl (C=O) groups excluding carboxylic acids is 1. The first-order valence-corrected chi connectivity index (χ1v) is 4.35. The molecule has 6 nitrogen and oxygen atoms in total. The second-order valence-electron chi connectivity index (χ2n) is 2.83. The largest absolute Gasteiger partial charge is 0.481 e.